The monoisotopic (exact) mass is 475 g/mol. The van der Waals surface area contributed by atoms with Crippen LogP contribution in [-0.2, 0) is 4.79 Å². The highest BCUT2D eigenvalue weighted by Crippen LogP contribution is 2.34. The van der Waals surface area contributed by atoms with E-state index >= 15 is 0 Å². The number of nitrogens with one attached hydrogen (secondary N) is 2. The van der Waals surface area contributed by atoms with Crippen molar-refractivity contribution in [3.8, 4) is 17.0 Å². The average Bonchev–Trinajstić information content (AvgIpc) is 2.71. The second kappa shape index (κ2) is 7.88. The molecule has 0 fully saturated rings. The van der Waals surface area contributed by atoms with Gasteiger partial charge in [0.05, 0.1) is 11.3 Å². The fourth-order valence-corrected chi connectivity index (χ4v) is 3.85. The first-order valence-corrected chi connectivity index (χ1v) is 10.6. The predicted molar refractivity (Wildman–Crippen MR) is 111 cm³/mol. The molecule has 8 nitrogen and oxygen atoms in total. The van der Waals surface area contributed by atoms with Crippen LogP contribution in [0, 0.1) is 0 Å². The van der Waals surface area contributed by atoms with Crippen molar-refractivity contribution < 1.29 is 19.3 Å². The van der Waals surface area contributed by atoms with E-state index in [2.05, 4.69) is 31.3 Å². The second-order valence-corrected chi connectivity index (χ2v) is 7.96. The summed E-state index contributed by atoms with van der Waals surface area (Å²) in [4.78, 5) is 26.3. The molecular formula is C19H16BrN4O4S+. The van der Waals surface area contributed by atoms with Crippen molar-refractivity contribution in [1.82, 2.24) is 10.1 Å². The van der Waals surface area contributed by atoms with Crippen molar-refractivity contribution in [1.29, 1.82) is 0 Å². The van der Waals surface area contributed by atoms with E-state index in [4.69, 9.17) is 9.84 Å². The lowest BCUT2D eigenvalue weighted by molar-refractivity contribution is -0.759. The highest BCUT2D eigenvalue weighted by atomic mass is 79.9. The fourth-order valence-electron chi connectivity index (χ4n) is 3.12. The Morgan fingerprint density at radius 3 is 2.76 bits per heavy atom. The van der Waals surface area contributed by atoms with Gasteiger partial charge in [-0.2, -0.15) is 0 Å². The predicted octanol–water partition coefficient (Wildman–Crippen LogP) is 2.64. The van der Waals surface area contributed by atoms with Gasteiger partial charge in [0.1, 0.15) is 5.75 Å². The van der Waals surface area contributed by atoms with Crippen LogP contribution in [0.4, 0.5) is 5.69 Å². The number of anilines is 1. The summed E-state index contributed by atoms with van der Waals surface area (Å²) in [5, 5.41) is 17.3. The topological polar surface area (TPSA) is 108 Å². The minimum atomic E-state index is -1.04. The summed E-state index contributed by atoms with van der Waals surface area (Å²) >= 11 is 4.81. The van der Waals surface area contributed by atoms with Crippen LogP contribution in [0.5, 0.6) is 5.75 Å². The molecule has 10 heteroatoms. The van der Waals surface area contributed by atoms with Crippen molar-refractivity contribution >= 4 is 39.3 Å². The van der Waals surface area contributed by atoms with Crippen LogP contribution in [0.2, 0.25) is 0 Å². The van der Waals surface area contributed by atoms with Gasteiger partial charge in [0, 0.05) is 15.1 Å². The highest BCUT2D eigenvalue weighted by Gasteiger charge is 2.37. The number of aromatic nitrogens is 3. The van der Waals surface area contributed by atoms with Crippen LogP contribution in [0.25, 0.3) is 11.3 Å². The molecule has 0 bridgehead atoms. The Labute approximate surface area is 178 Å². The van der Waals surface area contributed by atoms with Gasteiger partial charge < -0.3 is 15.2 Å². The summed E-state index contributed by atoms with van der Waals surface area (Å²) in [6.45, 7) is -0.408. The largest absolute Gasteiger partial charge is 0.482 e. The molecule has 3 N–H and O–H groups in total. The maximum absolute atomic E-state index is 12.8. The number of hydrogen-bond acceptors (Lipinski definition) is 6. The number of carboxylic acid groups (broad SMARTS) is 1. The van der Waals surface area contributed by atoms with Crippen LogP contribution in [0.3, 0.4) is 0 Å². The van der Waals surface area contributed by atoms with Gasteiger partial charge in [0.15, 0.2) is 6.61 Å². The first-order valence-electron chi connectivity index (χ1n) is 8.57. The molecule has 1 aromatic heterocycles. The zero-order valence-electron chi connectivity index (χ0n) is 15.2. The summed E-state index contributed by atoms with van der Waals surface area (Å²) in [5.41, 5.74) is 2.63. The number of carbonyl (C=O) groups is 1. The van der Waals surface area contributed by atoms with Gasteiger partial charge in [-0.3, -0.25) is 9.78 Å². The molecule has 2 aromatic carbocycles. The first-order chi connectivity index (χ1) is 14.0. The van der Waals surface area contributed by atoms with E-state index in [1.165, 1.54) is 11.8 Å². The summed E-state index contributed by atoms with van der Waals surface area (Å²) in [6, 6.07) is 12.7. The van der Waals surface area contributed by atoms with E-state index in [9.17, 15) is 9.59 Å². The standard InChI is InChI=1S/C19H15BrN4O4S/c1-29-19-22-18(27)16-13-8-11(20)4-7-14(13)21-17(24(16)23-19)10-2-5-12(6-3-10)28-9-15(25)26/h2-8,17H,9H2,1H3,(H2,22,23,25,26,27)/p+1/t17-/m0/s1. The van der Waals surface area contributed by atoms with E-state index in [0.29, 0.717) is 16.6 Å². The SMILES string of the molecule is CSc1n[n+]2c(c(=O)[nH]1)-c1cc(Br)ccc1N[C@@H]2c1ccc(OCC(=O)O)cc1. The van der Waals surface area contributed by atoms with Crippen molar-refractivity contribution in [2.45, 2.75) is 11.3 Å². The van der Waals surface area contributed by atoms with Gasteiger partial charge in [-0.1, -0.05) is 27.7 Å². The molecule has 1 aliphatic heterocycles. The molecule has 3 aromatic rings. The van der Waals surface area contributed by atoms with Crippen molar-refractivity contribution in [3.05, 3.63) is 62.9 Å². The number of benzene rings is 2. The van der Waals surface area contributed by atoms with Crippen LogP contribution in [0.1, 0.15) is 11.7 Å². The zero-order valence-corrected chi connectivity index (χ0v) is 17.6. The maximum atomic E-state index is 12.8. The lowest BCUT2D eigenvalue weighted by Crippen LogP contribution is -2.55. The zero-order chi connectivity index (χ0) is 20.5. The number of rotatable bonds is 5. The molecule has 2 heterocycles. The molecule has 1 atom stereocenters. The lowest BCUT2D eigenvalue weighted by atomic mass is 10.0. The number of halogens is 1. The van der Waals surface area contributed by atoms with Crippen molar-refractivity contribution in [3.63, 3.8) is 0 Å². The second-order valence-electron chi connectivity index (χ2n) is 6.24. The van der Waals surface area contributed by atoms with Crippen LogP contribution >= 0.6 is 27.7 Å². The molecule has 0 radical (unpaired) electrons. The quantitative estimate of drug-likeness (QED) is 0.384. The molecule has 0 unspecified atom stereocenters. The molecule has 1 aliphatic rings. The van der Waals surface area contributed by atoms with Gasteiger partial charge in [0.2, 0.25) is 5.16 Å². The molecule has 29 heavy (non-hydrogen) atoms. The van der Waals surface area contributed by atoms with Gasteiger partial charge in [-0.05, 0) is 53.4 Å². The summed E-state index contributed by atoms with van der Waals surface area (Å²) in [5.74, 6) is -0.589. The number of aliphatic carboxylic acids is 1. The average molecular weight is 476 g/mol. The normalized spacial score (nSPS) is 14.5. The molecule has 4 rings (SSSR count). The number of thioether (sulfide) groups is 1. The third kappa shape index (κ3) is 3.85. The summed E-state index contributed by atoms with van der Waals surface area (Å²) in [7, 11) is 0. The summed E-state index contributed by atoms with van der Waals surface area (Å²) < 4.78 is 7.73. The Morgan fingerprint density at radius 2 is 2.07 bits per heavy atom. The van der Waals surface area contributed by atoms with Gasteiger partial charge in [-0.15, -0.1) is 0 Å². The van der Waals surface area contributed by atoms with E-state index in [1.807, 2.05) is 36.6 Å². The maximum Gasteiger partial charge on any atom is 0.341 e. The molecule has 0 amide bonds. The molecular weight excluding hydrogens is 460 g/mol. The molecule has 148 valence electrons. The molecule has 0 saturated carbocycles. The number of H-pyrrole nitrogens is 1. The van der Waals surface area contributed by atoms with E-state index in [0.717, 1.165) is 21.3 Å². The number of fused-ring (bicyclic) bond motifs is 3. The Balaban J connectivity index is 1.80. The smallest absolute Gasteiger partial charge is 0.341 e. The van der Waals surface area contributed by atoms with Gasteiger partial charge >= 0.3 is 17.2 Å². The number of ether oxygens (including phenoxy) is 1. The van der Waals surface area contributed by atoms with Gasteiger partial charge in [-0.25, -0.2) is 4.79 Å². The number of carboxylic acids is 1. The van der Waals surface area contributed by atoms with Crippen LogP contribution in [0.15, 0.2) is 56.9 Å². The summed E-state index contributed by atoms with van der Waals surface area (Å²) in [6.07, 6.45) is 1.43. The Kier molecular flexibility index (Phi) is 5.29. The molecule has 0 aliphatic carbocycles. The minimum absolute atomic E-state index is 0.225. The molecule has 0 spiro atoms. The Hall–Kier alpha value is -2.85. The van der Waals surface area contributed by atoms with Crippen molar-refractivity contribution in [2.75, 3.05) is 18.2 Å². The van der Waals surface area contributed by atoms with E-state index < -0.39 is 18.7 Å². The third-order valence-electron chi connectivity index (χ3n) is 4.39. The number of nitrogens with zero attached hydrogens (tertiary/aromatic N) is 2. The first kappa shape index (κ1) is 19.5. The number of aromatic amines is 1. The van der Waals surface area contributed by atoms with E-state index in [-0.39, 0.29) is 5.56 Å². The van der Waals surface area contributed by atoms with Gasteiger partial charge in [0.25, 0.3) is 6.17 Å². The highest BCUT2D eigenvalue weighted by molar-refractivity contribution is 9.10. The third-order valence-corrected chi connectivity index (χ3v) is 5.45. The van der Waals surface area contributed by atoms with Crippen LogP contribution < -0.4 is 20.3 Å². The van der Waals surface area contributed by atoms with E-state index in [1.54, 1.807) is 16.8 Å². The number of hydrogen-bond donors (Lipinski definition) is 3. The molecule has 0 saturated heterocycles. The Bertz CT molecular complexity index is 1150. The minimum Gasteiger partial charge on any atom is -0.482 e. The Morgan fingerprint density at radius 1 is 1.31 bits per heavy atom. The van der Waals surface area contributed by atoms with Crippen LogP contribution in [-0.4, -0.2) is 34.0 Å². The fraction of sp³-hybridized carbons (Fsp3) is 0.158. The van der Waals surface area contributed by atoms with Crippen molar-refractivity contribution in [2.24, 2.45) is 0 Å². The lowest BCUT2D eigenvalue weighted by Gasteiger charge is -2.22.